The maximum absolute atomic E-state index is 5.90. The van der Waals surface area contributed by atoms with Crippen molar-refractivity contribution in [3.63, 3.8) is 0 Å². The van der Waals surface area contributed by atoms with E-state index in [1.165, 1.54) is 6.42 Å². The van der Waals surface area contributed by atoms with Crippen LogP contribution >= 0.6 is 11.8 Å². The average molecular weight is 311 g/mol. The second kappa shape index (κ2) is 3.87. The topological polar surface area (TPSA) is 34.0 Å². The van der Waals surface area contributed by atoms with Crippen LogP contribution < -0.4 is 0 Å². The average Bonchev–Trinajstić information content (AvgIpc) is 2.70. The predicted molar refractivity (Wildman–Crippen MR) is 88.5 cm³/mol. The van der Waals surface area contributed by atoms with Crippen molar-refractivity contribution in [2.75, 3.05) is 13.2 Å². The standard InChI is InChI=1S/C17H30N2OS/c1-12(2)9-13(3,4)16(12)18-19-17(21-16)14(5,6)10-20-11-15(17,7)8/h9-11H2,1-8H3. The van der Waals surface area contributed by atoms with E-state index in [1.807, 2.05) is 11.8 Å². The molecule has 0 aromatic heterocycles. The summed E-state index contributed by atoms with van der Waals surface area (Å²) < 4.78 is 5.90. The summed E-state index contributed by atoms with van der Waals surface area (Å²) in [6.45, 7) is 20.1. The minimum absolute atomic E-state index is 0.00579. The molecule has 0 N–H and O–H groups in total. The molecule has 1 saturated heterocycles. The molecule has 1 aliphatic carbocycles. The Balaban J connectivity index is 2.09. The van der Waals surface area contributed by atoms with Gasteiger partial charge in [-0.15, -0.1) is 0 Å². The third-order valence-electron chi connectivity index (χ3n) is 6.11. The summed E-state index contributed by atoms with van der Waals surface area (Å²) in [5.41, 5.74) is 0.402. The fourth-order valence-corrected chi connectivity index (χ4v) is 7.27. The molecule has 0 amide bonds. The van der Waals surface area contributed by atoms with Crippen molar-refractivity contribution in [1.82, 2.24) is 0 Å². The Hall–Kier alpha value is -0.0900. The van der Waals surface area contributed by atoms with Gasteiger partial charge in [-0.25, -0.2) is 0 Å². The van der Waals surface area contributed by atoms with Gasteiger partial charge in [0.25, 0.3) is 0 Å². The number of hydrogen-bond donors (Lipinski definition) is 0. The summed E-state index contributed by atoms with van der Waals surface area (Å²) in [5.74, 6) is 0. The third-order valence-corrected chi connectivity index (χ3v) is 9.07. The molecular weight excluding hydrogens is 280 g/mol. The van der Waals surface area contributed by atoms with E-state index in [4.69, 9.17) is 15.0 Å². The minimum Gasteiger partial charge on any atom is -0.380 e. The number of azo groups is 1. The van der Waals surface area contributed by atoms with Crippen molar-refractivity contribution in [3.05, 3.63) is 0 Å². The number of hydrogen-bond acceptors (Lipinski definition) is 4. The summed E-state index contributed by atoms with van der Waals surface area (Å²) in [5, 5.41) is 9.99. The quantitative estimate of drug-likeness (QED) is 0.622. The zero-order valence-electron chi connectivity index (χ0n) is 14.8. The van der Waals surface area contributed by atoms with Gasteiger partial charge in [0, 0.05) is 21.7 Å². The largest absolute Gasteiger partial charge is 0.380 e. The molecule has 3 aliphatic rings. The van der Waals surface area contributed by atoms with Gasteiger partial charge < -0.3 is 4.74 Å². The molecule has 0 bridgehead atoms. The lowest BCUT2D eigenvalue weighted by Gasteiger charge is -2.64. The van der Waals surface area contributed by atoms with Crippen LogP contribution in [0.2, 0.25) is 0 Å². The first-order chi connectivity index (χ1) is 9.33. The Labute approximate surface area is 133 Å². The normalized spacial score (nSPS) is 35.8. The monoisotopic (exact) mass is 310 g/mol. The van der Waals surface area contributed by atoms with Crippen molar-refractivity contribution in [2.45, 2.75) is 71.6 Å². The van der Waals surface area contributed by atoms with Crippen LogP contribution in [0.25, 0.3) is 0 Å². The lowest BCUT2D eigenvalue weighted by atomic mass is 9.51. The van der Waals surface area contributed by atoms with Crippen LogP contribution in [0.5, 0.6) is 0 Å². The first-order valence-corrected chi connectivity index (χ1v) is 8.86. The first-order valence-electron chi connectivity index (χ1n) is 8.05. The fraction of sp³-hybridized carbons (Fsp3) is 1.00. The van der Waals surface area contributed by atoms with Crippen LogP contribution in [0.1, 0.15) is 61.8 Å². The Bertz CT molecular complexity index is 475. The summed E-state index contributed by atoms with van der Waals surface area (Å²) in [6, 6.07) is 0. The van der Waals surface area contributed by atoms with Gasteiger partial charge >= 0.3 is 0 Å². The number of ether oxygens (including phenoxy) is 1. The molecule has 21 heavy (non-hydrogen) atoms. The second-order valence-electron chi connectivity index (χ2n) is 9.80. The molecule has 0 radical (unpaired) electrons. The molecule has 0 aromatic carbocycles. The molecule has 0 atom stereocenters. The van der Waals surface area contributed by atoms with Crippen LogP contribution in [0.15, 0.2) is 10.2 Å². The van der Waals surface area contributed by atoms with Crippen LogP contribution in [-0.2, 0) is 4.74 Å². The molecule has 120 valence electrons. The van der Waals surface area contributed by atoms with Crippen molar-refractivity contribution in [2.24, 2.45) is 31.9 Å². The van der Waals surface area contributed by atoms with Crippen molar-refractivity contribution < 1.29 is 4.74 Å². The van der Waals surface area contributed by atoms with Gasteiger partial charge in [-0.1, -0.05) is 67.2 Å². The zero-order chi connectivity index (χ0) is 15.9. The highest BCUT2D eigenvalue weighted by atomic mass is 32.2. The van der Waals surface area contributed by atoms with Crippen LogP contribution in [-0.4, -0.2) is 23.0 Å². The van der Waals surface area contributed by atoms with E-state index in [0.717, 1.165) is 13.2 Å². The van der Waals surface area contributed by atoms with Crippen molar-refractivity contribution in [1.29, 1.82) is 0 Å². The Morgan fingerprint density at radius 3 is 1.43 bits per heavy atom. The fourth-order valence-electron chi connectivity index (χ4n) is 5.32. The Morgan fingerprint density at radius 2 is 1.05 bits per heavy atom. The van der Waals surface area contributed by atoms with Gasteiger partial charge in [-0.3, -0.25) is 0 Å². The van der Waals surface area contributed by atoms with Crippen LogP contribution in [0, 0.1) is 21.7 Å². The Morgan fingerprint density at radius 1 is 0.667 bits per heavy atom. The van der Waals surface area contributed by atoms with E-state index in [1.54, 1.807) is 0 Å². The van der Waals surface area contributed by atoms with Crippen LogP contribution in [0.4, 0.5) is 0 Å². The van der Waals surface area contributed by atoms with E-state index >= 15 is 0 Å². The van der Waals surface area contributed by atoms with E-state index in [0.29, 0.717) is 0 Å². The van der Waals surface area contributed by atoms with Crippen LogP contribution in [0.3, 0.4) is 0 Å². The molecule has 3 rings (SSSR count). The molecule has 2 fully saturated rings. The maximum Gasteiger partial charge on any atom is 0.143 e. The van der Waals surface area contributed by atoms with Crippen molar-refractivity contribution >= 4 is 11.8 Å². The lowest BCUT2D eigenvalue weighted by Crippen LogP contribution is -2.66. The highest BCUT2D eigenvalue weighted by Crippen LogP contribution is 2.77. The van der Waals surface area contributed by atoms with E-state index in [-0.39, 0.29) is 31.4 Å². The van der Waals surface area contributed by atoms with E-state index in [9.17, 15) is 0 Å². The number of rotatable bonds is 0. The summed E-state index contributed by atoms with van der Waals surface area (Å²) in [7, 11) is 0. The SMILES string of the molecule is CC1(C)COCC(C)(C)C12N=NC1(S2)C(C)(C)CC1(C)C. The lowest BCUT2D eigenvalue weighted by molar-refractivity contribution is -0.0915. The summed E-state index contributed by atoms with van der Waals surface area (Å²) >= 11 is 2.04. The molecule has 1 saturated carbocycles. The highest BCUT2D eigenvalue weighted by molar-refractivity contribution is 8.02. The molecular formula is C17H30N2OS. The summed E-state index contributed by atoms with van der Waals surface area (Å²) in [6.07, 6.45) is 1.21. The third kappa shape index (κ3) is 1.61. The Kier molecular flexibility index (Phi) is 2.91. The molecule has 2 spiro atoms. The van der Waals surface area contributed by atoms with E-state index in [2.05, 4.69) is 55.4 Å². The minimum atomic E-state index is -0.187. The highest BCUT2D eigenvalue weighted by Gasteiger charge is 2.75. The molecule has 2 heterocycles. The molecule has 0 unspecified atom stereocenters. The molecule has 4 heteroatoms. The van der Waals surface area contributed by atoms with Gasteiger partial charge in [0.2, 0.25) is 0 Å². The predicted octanol–water partition coefficient (Wildman–Crippen LogP) is 5.12. The van der Waals surface area contributed by atoms with Gasteiger partial charge in [0.1, 0.15) is 9.74 Å². The number of nitrogens with zero attached hydrogens (tertiary/aromatic N) is 2. The van der Waals surface area contributed by atoms with E-state index < -0.39 is 0 Å². The molecule has 3 nitrogen and oxygen atoms in total. The zero-order valence-corrected chi connectivity index (χ0v) is 15.6. The second-order valence-corrected chi connectivity index (χ2v) is 11.2. The van der Waals surface area contributed by atoms with Gasteiger partial charge in [0.15, 0.2) is 0 Å². The first kappa shape index (κ1) is 15.8. The molecule has 2 aliphatic heterocycles. The van der Waals surface area contributed by atoms with Gasteiger partial charge in [-0.05, 0) is 6.42 Å². The molecule has 0 aromatic rings. The maximum atomic E-state index is 5.90. The van der Waals surface area contributed by atoms with Gasteiger partial charge in [-0.2, -0.15) is 10.2 Å². The summed E-state index contributed by atoms with van der Waals surface area (Å²) in [4.78, 5) is -0.279. The number of thioether (sulfide) groups is 1. The van der Waals surface area contributed by atoms with Crippen molar-refractivity contribution in [3.8, 4) is 0 Å². The van der Waals surface area contributed by atoms with Gasteiger partial charge in [0.05, 0.1) is 13.2 Å². The smallest absolute Gasteiger partial charge is 0.143 e.